The van der Waals surface area contributed by atoms with Crippen LogP contribution in [0.4, 0.5) is 0 Å². The van der Waals surface area contributed by atoms with Crippen molar-refractivity contribution in [2.45, 2.75) is 39.5 Å². The number of nitrogens with one attached hydrogen (secondary N) is 1. The summed E-state index contributed by atoms with van der Waals surface area (Å²) in [4.78, 5) is 22.8. The van der Waals surface area contributed by atoms with Crippen LogP contribution in [-0.2, 0) is 11.2 Å². The average molecular weight is 290 g/mol. The first-order chi connectivity index (χ1) is 10.2. The third-order valence-electron chi connectivity index (χ3n) is 4.05. The maximum atomic E-state index is 11.9. The second-order valence-corrected chi connectivity index (χ2v) is 5.88. The van der Waals surface area contributed by atoms with Gasteiger partial charge < -0.3 is 10.2 Å². The van der Waals surface area contributed by atoms with Gasteiger partial charge in [-0.05, 0) is 44.3 Å². The minimum absolute atomic E-state index is 0.104. The minimum atomic E-state index is 0.104. The van der Waals surface area contributed by atoms with Crippen LogP contribution >= 0.6 is 0 Å². The fourth-order valence-corrected chi connectivity index (χ4v) is 2.73. The molecule has 0 radical (unpaired) electrons. The molecule has 0 aromatic carbocycles. The van der Waals surface area contributed by atoms with E-state index in [0.717, 1.165) is 31.0 Å². The zero-order valence-corrected chi connectivity index (χ0v) is 13.1. The first-order valence-electron chi connectivity index (χ1n) is 7.94. The number of rotatable bonds is 6. The van der Waals surface area contributed by atoms with Gasteiger partial charge in [0.05, 0.1) is 0 Å². The first-order valence-corrected chi connectivity index (χ1v) is 7.94. The Labute approximate surface area is 127 Å². The van der Waals surface area contributed by atoms with E-state index in [1.165, 1.54) is 19.4 Å². The minimum Gasteiger partial charge on any atom is -0.356 e. The Morgan fingerprint density at radius 1 is 1.43 bits per heavy atom. The Bertz CT molecular complexity index is 446. The van der Waals surface area contributed by atoms with Gasteiger partial charge in [0.2, 0.25) is 5.91 Å². The number of likely N-dealkylation sites (tertiary alicyclic amines) is 1. The Kier molecular flexibility index (Phi) is 6.11. The molecule has 1 aromatic rings. The Balaban J connectivity index is 1.66. The van der Waals surface area contributed by atoms with Crippen molar-refractivity contribution in [2.24, 2.45) is 5.92 Å². The van der Waals surface area contributed by atoms with Gasteiger partial charge >= 0.3 is 0 Å². The fourth-order valence-electron chi connectivity index (χ4n) is 2.73. The summed E-state index contributed by atoms with van der Waals surface area (Å²) < 4.78 is 0. The molecule has 1 unspecified atom stereocenters. The van der Waals surface area contributed by atoms with E-state index in [1.807, 2.05) is 6.92 Å². The molecule has 116 valence electrons. The summed E-state index contributed by atoms with van der Waals surface area (Å²) in [6, 6.07) is 0. The maximum Gasteiger partial charge on any atom is 0.220 e. The monoisotopic (exact) mass is 290 g/mol. The predicted octanol–water partition coefficient (Wildman–Crippen LogP) is 1.57. The number of aryl methyl sites for hydroxylation is 2. The summed E-state index contributed by atoms with van der Waals surface area (Å²) >= 11 is 0. The zero-order chi connectivity index (χ0) is 15.1. The number of carbonyl (C=O) groups excluding carboxylic acids is 1. The number of aromatic nitrogens is 2. The van der Waals surface area contributed by atoms with Gasteiger partial charge in [-0.1, -0.05) is 6.92 Å². The molecule has 2 heterocycles. The van der Waals surface area contributed by atoms with Crippen LogP contribution in [0.2, 0.25) is 0 Å². The molecule has 1 aromatic heterocycles. The van der Waals surface area contributed by atoms with Gasteiger partial charge in [-0.2, -0.15) is 0 Å². The van der Waals surface area contributed by atoms with Crippen molar-refractivity contribution in [3.8, 4) is 0 Å². The summed E-state index contributed by atoms with van der Waals surface area (Å²) in [5, 5.41) is 3.06. The second kappa shape index (κ2) is 8.08. The van der Waals surface area contributed by atoms with Gasteiger partial charge in [-0.25, -0.2) is 9.97 Å². The lowest BCUT2D eigenvalue weighted by molar-refractivity contribution is -0.121. The Morgan fingerprint density at radius 2 is 2.19 bits per heavy atom. The highest BCUT2D eigenvalue weighted by Gasteiger charge is 2.19. The van der Waals surface area contributed by atoms with Crippen LogP contribution in [0.25, 0.3) is 0 Å². The lowest BCUT2D eigenvalue weighted by atomic mass is 9.98. The van der Waals surface area contributed by atoms with Gasteiger partial charge in [0, 0.05) is 38.3 Å². The van der Waals surface area contributed by atoms with Gasteiger partial charge in [-0.15, -0.1) is 0 Å². The summed E-state index contributed by atoms with van der Waals surface area (Å²) in [5.41, 5.74) is 1.04. The lowest BCUT2D eigenvalue weighted by Gasteiger charge is -2.31. The van der Waals surface area contributed by atoms with Crippen molar-refractivity contribution in [1.82, 2.24) is 20.2 Å². The quantitative estimate of drug-likeness (QED) is 0.864. The van der Waals surface area contributed by atoms with Crippen LogP contribution in [0.5, 0.6) is 0 Å². The number of hydrogen-bond donors (Lipinski definition) is 1. The van der Waals surface area contributed by atoms with E-state index < -0.39 is 0 Å². The van der Waals surface area contributed by atoms with Crippen molar-refractivity contribution >= 4 is 5.91 Å². The van der Waals surface area contributed by atoms with E-state index in [9.17, 15) is 4.79 Å². The molecule has 1 saturated heterocycles. The van der Waals surface area contributed by atoms with Crippen LogP contribution < -0.4 is 5.32 Å². The standard InChI is InChI=1S/C16H26N4O/c1-3-20-8-4-5-14(12-20)11-19-16(21)7-6-15-17-9-13(2)10-18-15/h9-10,14H,3-8,11-12H2,1-2H3,(H,19,21). The van der Waals surface area contributed by atoms with Crippen LogP contribution in [0, 0.1) is 12.8 Å². The lowest BCUT2D eigenvalue weighted by Crippen LogP contribution is -2.40. The molecular formula is C16H26N4O. The van der Waals surface area contributed by atoms with Gasteiger partial charge in [0.25, 0.3) is 0 Å². The molecule has 0 aliphatic carbocycles. The molecule has 1 fully saturated rings. The average Bonchev–Trinajstić information content (AvgIpc) is 2.52. The predicted molar refractivity (Wildman–Crippen MR) is 82.9 cm³/mol. The van der Waals surface area contributed by atoms with Gasteiger partial charge in [-0.3, -0.25) is 4.79 Å². The number of hydrogen-bond acceptors (Lipinski definition) is 4. The molecular weight excluding hydrogens is 264 g/mol. The first kappa shape index (κ1) is 15.9. The van der Waals surface area contributed by atoms with E-state index in [-0.39, 0.29) is 5.91 Å². The molecule has 1 aliphatic rings. The van der Waals surface area contributed by atoms with E-state index in [4.69, 9.17) is 0 Å². The summed E-state index contributed by atoms with van der Waals surface area (Å²) in [6.07, 6.45) is 7.12. The molecule has 1 N–H and O–H groups in total. The zero-order valence-electron chi connectivity index (χ0n) is 13.1. The highest BCUT2D eigenvalue weighted by atomic mass is 16.1. The third kappa shape index (κ3) is 5.42. The van der Waals surface area contributed by atoms with Gasteiger partial charge in [0.1, 0.15) is 5.82 Å². The van der Waals surface area contributed by atoms with Crippen molar-refractivity contribution in [2.75, 3.05) is 26.2 Å². The molecule has 5 nitrogen and oxygen atoms in total. The van der Waals surface area contributed by atoms with Crippen LogP contribution in [0.1, 0.15) is 37.6 Å². The largest absolute Gasteiger partial charge is 0.356 e. The number of carbonyl (C=O) groups is 1. The van der Waals surface area contributed by atoms with E-state index in [2.05, 4.69) is 27.1 Å². The molecule has 2 rings (SSSR count). The number of nitrogens with zero attached hydrogens (tertiary/aromatic N) is 3. The maximum absolute atomic E-state index is 11.9. The van der Waals surface area contributed by atoms with Crippen LogP contribution in [0.15, 0.2) is 12.4 Å². The normalized spacial score (nSPS) is 19.4. The van der Waals surface area contributed by atoms with Crippen LogP contribution in [0.3, 0.4) is 0 Å². The molecule has 1 amide bonds. The third-order valence-corrected chi connectivity index (χ3v) is 4.05. The number of amides is 1. The van der Waals surface area contributed by atoms with Gasteiger partial charge in [0.15, 0.2) is 0 Å². The smallest absolute Gasteiger partial charge is 0.220 e. The van der Waals surface area contributed by atoms with Crippen molar-refractivity contribution in [3.05, 3.63) is 23.8 Å². The summed E-state index contributed by atoms with van der Waals surface area (Å²) in [6.45, 7) is 8.37. The SMILES string of the molecule is CCN1CCCC(CNC(=O)CCc2ncc(C)cn2)C1. The molecule has 1 atom stereocenters. The highest BCUT2D eigenvalue weighted by molar-refractivity contribution is 5.76. The number of piperidine rings is 1. The summed E-state index contributed by atoms with van der Waals surface area (Å²) in [7, 11) is 0. The Morgan fingerprint density at radius 3 is 2.90 bits per heavy atom. The van der Waals surface area contributed by atoms with E-state index >= 15 is 0 Å². The van der Waals surface area contributed by atoms with Crippen molar-refractivity contribution in [1.29, 1.82) is 0 Å². The van der Waals surface area contributed by atoms with Crippen LogP contribution in [-0.4, -0.2) is 47.0 Å². The second-order valence-electron chi connectivity index (χ2n) is 5.88. The topological polar surface area (TPSA) is 58.1 Å². The molecule has 1 aliphatic heterocycles. The summed E-state index contributed by atoms with van der Waals surface area (Å²) in [5.74, 6) is 1.44. The molecule has 5 heteroatoms. The van der Waals surface area contributed by atoms with E-state index in [1.54, 1.807) is 12.4 Å². The fraction of sp³-hybridized carbons (Fsp3) is 0.688. The molecule has 0 saturated carbocycles. The highest BCUT2D eigenvalue weighted by Crippen LogP contribution is 2.15. The Hall–Kier alpha value is -1.49. The molecule has 21 heavy (non-hydrogen) atoms. The van der Waals surface area contributed by atoms with Crippen molar-refractivity contribution in [3.63, 3.8) is 0 Å². The molecule has 0 bridgehead atoms. The van der Waals surface area contributed by atoms with E-state index in [0.29, 0.717) is 18.8 Å². The van der Waals surface area contributed by atoms with Crippen molar-refractivity contribution < 1.29 is 4.79 Å². The molecule has 0 spiro atoms.